The van der Waals surface area contributed by atoms with E-state index in [9.17, 15) is 9.18 Å². The zero-order valence-electron chi connectivity index (χ0n) is 11.4. The van der Waals surface area contributed by atoms with Crippen molar-refractivity contribution >= 4 is 5.78 Å². The molecule has 104 valence electrons. The van der Waals surface area contributed by atoms with Gasteiger partial charge in [0.1, 0.15) is 11.4 Å². The second-order valence-electron chi connectivity index (χ2n) is 4.83. The van der Waals surface area contributed by atoms with Gasteiger partial charge in [0.05, 0.1) is 0 Å². The first-order chi connectivity index (χ1) is 9.09. The molecule has 19 heavy (non-hydrogen) atoms. The van der Waals surface area contributed by atoms with Crippen LogP contribution in [-0.2, 0) is 9.47 Å². The van der Waals surface area contributed by atoms with Crippen molar-refractivity contribution in [2.75, 3.05) is 19.8 Å². The Bertz CT molecular complexity index is 459. The fourth-order valence-corrected chi connectivity index (χ4v) is 2.54. The minimum absolute atomic E-state index is 0.0600. The predicted octanol–water partition coefficient (Wildman–Crippen LogP) is 2.90. The molecule has 1 aromatic rings. The highest BCUT2D eigenvalue weighted by Crippen LogP contribution is 2.30. The van der Waals surface area contributed by atoms with E-state index in [1.165, 1.54) is 12.1 Å². The number of hydrogen-bond donors (Lipinski definition) is 0. The number of halogens is 1. The number of hydrogen-bond acceptors (Lipinski definition) is 3. The Morgan fingerprint density at radius 1 is 1.42 bits per heavy atom. The van der Waals surface area contributed by atoms with Crippen molar-refractivity contribution in [3.8, 4) is 0 Å². The molecule has 1 saturated heterocycles. The summed E-state index contributed by atoms with van der Waals surface area (Å²) in [4.78, 5) is 12.7. The molecule has 1 aliphatic rings. The van der Waals surface area contributed by atoms with Crippen molar-refractivity contribution in [2.45, 2.75) is 32.3 Å². The van der Waals surface area contributed by atoms with Crippen LogP contribution in [0.2, 0.25) is 0 Å². The van der Waals surface area contributed by atoms with Crippen LogP contribution in [0.15, 0.2) is 18.2 Å². The molecular weight excluding hydrogens is 247 g/mol. The van der Waals surface area contributed by atoms with Crippen LogP contribution in [0.1, 0.15) is 35.7 Å². The third-order valence-electron chi connectivity index (χ3n) is 3.57. The summed E-state index contributed by atoms with van der Waals surface area (Å²) < 4.78 is 24.2. The third kappa shape index (κ3) is 2.85. The zero-order valence-corrected chi connectivity index (χ0v) is 11.4. The lowest BCUT2D eigenvalue weighted by atomic mass is 9.84. The van der Waals surface area contributed by atoms with E-state index in [1.54, 1.807) is 13.0 Å². The number of aryl methyl sites for hydroxylation is 1. The van der Waals surface area contributed by atoms with Gasteiger partial charge in [-0.2, -0.15) is 0 Å². The smallest absolute Gasteiger partial charge is 0.195 e. The Labute approximate surface area is 112 Å². The van der Waals surface area contributed by atoms with Gasteiger partial charge in [0, 0.05) is 38.2 Å². The first kappa shape index (κ1) is 14.2. The number of ketones is 1. The Morgan fingerprint density at radius 3 is 2.68 bits per heavy atom. The lowest BCUT2D eigenvalue weighted by molar-refractivity contribution is -0.0822. The quantitative estimate of drug-likeness (QED) is 0.786. The molecule has 0 amide bonds. The minimum atomic E-state index is -0.810. The molecular formula is C15H19FO3. The molecule has 1 aromatic carbocycles. The fourth-order valence-electron chi connectivity index (χ4n) is 2.54. The second kappa shape index (κ2) is 5.80. The fraction of sp³-hybridized carbons (Fsp3) is 0.533. The van der Waals surface area contributed by atoms with Crippen LogP contribution in [0, 0.1) is 12.7 Å². The van der Waals surface area contributed by atoms with Gasteiger partial charge in [-0.05, 0) is 37.6 Å². The van der Waals surface area contributed by atoms with E-state index in [-0.39, 0.29) is 11.6 Å². The number of ether oxygens (including phenoxy) is 2. The molecule has 1 fully saturated rings. The standard InChI is InChI=1S/C15H19FO3/c1-3-19-15(6-8-18-9-7-15)14(17)13-5-4-12(16)10-11(13)2/h4-5,10H,3,6-9H2,1-2H3. The first-order valence-corrected chi connectivity index (χ1v) is 6.62. The SMILES string of the molecule is CCOC1(C(=O)c2ccc(F)cc2C)CCOCC1. The Kier molecular flexibility index (Phi) is 4.32. The maximum absolute atomic E-state index is 13.1. The summed E-state index contributed by atoms with van der Waals surface area (Å²) in [7, 11) is 0. The molecule has 0 saturated carbocycles. The summed E-state index contributed by atoms with van der Waals surface area (Å²) in [6.07, 6.45) is 1.10. The van der Waals surface area contributed by atoms with Gasteiger partial charge in [-0.25, -0.2) is 4.39 Å². The largest absolute Gasteiger partial charge is 0.381 e. The molecule has 0 spiro atoms. The van der Waals surface area contributed by atoms with Crippen molar-refractivity contribution in [1.29, 1.82) is 0 Å². The molecule has 0 aliphatic carbocycles. The van der Waals surface area contributed by atoms with Crippen molar-refractivity contribution < 1.29 is 18.7 Å². The van der Waals surface area contributed by atoms with Crippen LogP contribution in [0.4, 0.5) is 4.39 Å². The molecule has 3 nitrogen and oxygen atoms in total. The van der Waals surface area contributed by atoms with Crippen LogP contribution in [0.25, 0.3) is 0 Å². The van der Waals surface area contributed by atoms with Crippen LogP contribution < -0.4 is 0 Å². The molecule has 0 N–H and O–H groups in total. The number of benzene rings is 1. The lowest BCUT2D eigenvalue weighted by Gasteiger charge is -2.35. The molecule has 0 atom stereocenters. The van der Waals surface area contributed by atoms with Crippen molar-refractivity contribution in [1.82, 2.24) is 0 Å². The van der Waals surface area contributed by atoms with Crippen molar-refractivity contribution in [3.63, 3.8) is 0 Å². The highest BCUT2D eigenvalue weighted by Gasteiger charge is 2.41. The monoisotopic (exact) mass is 266 g/mol. The van der Waals surface area contributed by atoms with Crippen molar-refractivity contribution in [2.24, 2.45) is 0 Å². The summed E-state index contributed by atoms with van der Waals surface area (Å²) in [5.41, 5.74) is 0.377. The molecule has 4 heteroatoms. The van der Waals surface area contributed by atoms with Gasteiger partial charge in [-0.15, -0.1) is 0 Å². The Morgan fingerprint density at radius 2 is 2.11 bits per heavy atom. The maximum atomic E-state index is 13.1. The molecule has 1 heterocycles. The second-order valence-corrected chi connectivity index (χ2v) is 4.83. The number of rotatable bonds is 4. The van der Waals surface area contributed by atoms with Gasteiger partial charge in [-0.1, -0.05) is 0 Å². The number of carbonyl (C=O) groups excluding carboxylic acids is 1. The van der Waals surface area contributed by atoms with E-state index >= 15 is 0 Å². The van der Waals surface area contributed by atoms with Crippen LogP contribution in [0.3, 0.4) is 0 Å². The number of Topliss-reactive ketones (excluding diaryl/α,β-unsaturated/α-hetero) is 1. The average Bonchev–Trinajstić information content (AvgIpc) is 2.39. The molecule has 1 aliphatic heterocycles. The summed E-state index contributed by atoms with van der Waals surface area (Å²) in [6, 6.07) is 4.24. The summed E-state index contributed by atoms with van der Waals surface area (Å²) >= 11 is 0. The van der Waals surface area contributed by atoms with E-state index in [2.05, 4.69) is 0 Å². The first-order valence-electron chi connectivity index (χ1n) is 6.62. The highest BCUT2D eigenvalue weighted by molar-refractivity contribution is 6.03. The van der Waals surface area contributed by atoms with Gasteiger partial charge >= 0.3 is 0 Å². The van der Waals surface area contributed by atoms with E-state index in [0.29, 0.717) is 43.8 Å². The number of carbonyl (C=O) groups is 1. The topological polar surface area (TPSA) is 35.5 Å². The van der Waals surface area contributed by atoms with Gasteiger partial charge in [0.2, 0.25) is 0 Å². The van der Waals surface area contributed by atoms with Crippen LogP contribution in [-0.4, -0.2) is 31.2 Å². The van der Waals surface area contributed by atoms with E-state index in [1.807, 2.05) is 6.92 Å². The Balaban J connectivity index is 2.33. The van der Waals surface area contributed by atoms with Crippen LogP contribution in [0.5, 0.6) is 0 Å². The van der Waals surface area contributed by atoms with Gasteiger partial charge in [-0.3, -0.25) is 4.79 Å². The van der Waals surface area contributed by atoms with E-state index in [4.69, 9.17) is 9.47 Å². The molecule has 0 aromatic heterocycles. The van der Waals surface area contributed by atoms with E-state index < -0.39 is 5.60 Å². The summed E-state index contributed by atoms with van der Waals surface area (Å²) in [6.45, 7) is 5.14. The van der Waals surface area contributed by atoms with Crippen LogP contribution >= 0.6 is 0 Å². The molecule has 0 radical (unpaired) electrons. The summed E-state index contributed by atoms with van der Waals surface area (Å²) in [5.74, 6) is -0.387. The summed E-state index contributed by atoms with van der Waals surface area (Å²) in [5, 5.41) is 0. The predicted molar refractivity (Wildman–Crippen MR) is 69.9 cm³/mol. The molecule has 2 rings (SSSR count). The maximum Gasteiger partial charge on any atom is 0.195 e. The van der Waals surface area contributed by atoms with Crippen molar-refractivity contribution in [3.05, 3.63) is 35.1 Å². The van der Waals surface area contributed by atoms with E-state index in [0.717, 1.165) is 0 Å². The molecule has 0 bridgehead atoms. The average molecular weight is 266 g/mol. The third-order valence-corrected chi connectivity index (χ3v) is 3.57. The molecule has 0 unspecified atom stereocenters. The van der Waals surface area contributed by atoms with Gasteiger partial charge < -0.3 is 9.47 Å². The van der Waals surface area contributed by atoms with Gasteiger partial charge in [0.25, 0.3) is 0 Å². The highest BCUT2D eigenvalue weighted by atomic mass is 19.1. The minimum Gasteiger partial charge on any atom is -0.381 e. The van der Waals surface area contributed by atoms with Gasteiger partial charge in [0.15, 0.2) is 5.78 Å². The zero-order chi connectivity index (χ0) is 13.9. The lowest BCUT2D eigenvalue weighted by Crippen LogP contribution is -2.46. The normalized spacial score (nSPS) is 18.3. The Hall–Kier alpha value is -1.26.